The summed E-state index contributed by atoms with van der Waals surface area (Å²) in [6, 6.07) is 6.30. The van der Waals surface area contributed by atoms with Crippen LogP contribution in [-0.4, -0.2) is 25.5 Å². The van der Waals surface area contributed by atoms with E-state index in [4.69, 9.17) is 5.10 Å². The molecule has 0 radical (unpaired) electrons. The van der Waals surface area contributed by atoms with Crippen LogP contribution in [-0.2, 0) is 13.0 Å². The van der Waals surface area contributed by atoms with Crippen LogP contribution in [0.25, 0.3) is 22.4 Å². The molecule has 0 unspecified atom stereocenters. The molecule has 1 aromatic rings. The molecule has 18 heavy (non-hydrogen) atoms. The maximum Gasteiger partial charge on any atom is 0.186 e. The Balaban J connectivity index is 2.11. The van der Waals surface area contributed by atoms with Gasteiger partial charge in [-0.15, -0.1) is 0 Å². The Morgan fingerprint density at radius 2 is 2.28 bits per heavy atom. The van der Waals surface area contributed by atoms with Gasteiger partial charge < -0.3 is 0 Å². The Bertz CT molecular complexity index is 719. The lowest BCUT2D eigenvalue weighted by Gasteiger charge is -2.03. The van der Waals surface area contributed by atoms with Gasteiger partial charge in [-0.05, 0) is 12.0 Å². The van der Waals surface area contributed by atoms with Crippen molar-refractivity contribution in [1.29, 1.82) is 0 Å². The second-order valence-electron chi connectivity index (χ2n) is 4.42. The first-order valence-electron chi connectivity index (χ1n) is 6.16. The van der Waals surface area contributed by atoms with E-state index in [1.54, 1.807) is 11.8 Å². The minimum absolute atomic E-state index is 0.784. The van der Waals surface area contributed by atoms with E-state index < -0.39 is 0 Å². The zero-order valence-corrected chi connectivity index (χ0v) is 10.9. The van der Waals surface area contributed by atoms with E-state index in [2.05, 4.69) is 35.1 Å². The lowest BCUT2D eigenvalue weighted by Crippen LogP contribution is -2.06. The van der Waals surface area contributed by atoms with Crippen LogP contribution in [0.1, 0.15) is 12.5 Å². The summed E-state index contributed by atoms with van der Waals surface area (Å²) in [4.78, 5) is 9.28. The Morgan fingerprint density at radius 1 is 1.33 bits per heavy atom. The van der Waals surface area contributed by atoms with E-state index in [1.165, 1.54) is 5.56 Å². The Morgan fingerprint density at radius 3 is 3.17 bits per heavy atom. The first-order valence-corrected chi connectivity index (χ1v) is 7.14. The predicted molar refractivity (Wildman–Crippen MR) is 72.0 cm³/mol. The highest BCUT2D eigenvalue weighted by Gasteiger charge is 2.22. The number of rotatable bonds is 1. The summed E-state index contributed by atoms with van der Waals surface area (Å²) in [7, 11) is 0. The van der Waals surface area contributed by atoms with Crippen LogP contribution in [0.15, 0.2) is 23.4 Å². The van der Waals surface area contributed by atoms with Crippen molar-refractivity contribution < 1.29 is 0 Å². The van der Waals surface area contributed by atoms with Crippen LogP contribution in [0.5, 0.6) is 0 Å². The topological polar surface area (TPSA) is 43.6 Å². The molecular formula is C13H12N4S. The normalized spacial score (nSPS) is 14.5. The number of aryl methyl sites for hydroxylation is 2. The Kier molecular flexibility index (Phi) is 2.11. The molecule has 0 spiro atoms. The van der Waals surface area contributed by atoms with Gasteiger partial charge in [0.05, 0.1) is 12.1 Å². The molecule has 0 bridgehead atoms. The minimum Gasteiger partial charge on any atom is -0.241 e. The van der Waals surface area contributed by atoms with Gasteiger partial charge in [0, 0.05) is 11.1 Å². The maximum absolute atomic E-state index is 4.69. The maximum atomic E-state index is 4.69. The molecule has 0 fully saturated rings. The van der Waals surface area contributed by atoms with Crippen molar-refractivity contribution in [3.8, 4) is 11.5 Å². The van der Waals surface area contributed by atoms with E-state index >= 15 is 0 Å². The van der Waals surface area contributed by atoms with Crippen molar-refractivity contribution >= 4 is 22.7 Å². The number of fused-ring (bicyclic) bond motifs is 4. The van der Waals surface area contributed by atoms with Gasteiger partial charge in [0.2, 0.25) is 0 Å². The molecule has 0 atom stereocenters. The highest BCUT2D eigenvalue weighted by Crippen LogP contribution is 2.33. The highest BCUT2D eigenvalue weighted by molar-refractivity contribution is 7.99. The molecule has 1 aromatic carbocycles. The third-order valence-corrected chi connectivity index (χ3v) is 4.31. The SMILES string of the molecule is CCc1cccc2c3nn4c(nc-3nc12)SCC4. The molecule has 0 aliphatic carbocycles. The van der Waals surface area contributed by atoms with Gasteiger partial charge in [-0.25, -0.2) is 14.6 Å². The van der Waals surface area contributed by atoms with E-state index in [1.807, 2.05) is 4.68 Å². The molecule has 4 nitrogen and oxygen atoms in total. The largest absolute Gasteiger partial charge is 0.241 e. The third kappa shape index (κ3) is 1.31. The number of benzene rings is 1. The molecule has 3 heterocycles. The first-order chi connectivity index (χ1) is 8.86. The monoisotopic (exact) mass is 256 g/mol. The zero-order valence-electron chi connectivity index (χ0n) is 10.1. The number of hydrogen-bond acceptors (Lipinski definition) is 4. The molecule has 90 valence electrons. The van der Waals surface area contributed by atoms with Gasteiger partial charge in [-0.2, -0.15) is 5.10 Å². The van der Waals surface area contributed by atoms with E-state index in [9.17, 15) is 0 Å². The average molecular weight is 256 g/mol. The molecule has 0 saturated carbocycles. The van der Waals surface area contributed by atoms with Crippen molar-refractivity contribution in [3.05, 3.63) is 23.8 Å². The molecule has 0 N–H and O–H groups in total. The van der Waals surface area contributed by atoms with Gasteiger partial charge in [-0.1, -0.05) is 36.9 Å². The number of hydrogen-bond donors (Lipinski definition) is 0. The number of para-hydroxylation sites is 1. The zero-order chi connectivity index (χ0) is 12.1. The van der Waals surface area contributed by atoms with Crippen LogP contribution in [0, 0.1) is 0 Å². The van der Waals surface area contributed by atoms with Crippen molar-refractivity contribution in [3.63, 3.8) is 0 Å². The Labute approximate surface area is 109 Å². The average Bonchev–Trinajstić information content (AvgIpc) is 2.98. The smallest absolute Gasteiger partial charge is 0.186 e. The van der Waals surface area contributed by atoms with Crippen LogP contribution in [0.3, 0.4) is 0 Å². The summed E-state index contributed by atoms with van der Waals surface area (Å²) in [5, 5.41) is 6.81. The second kappa shape index (κ2) is 3.68. The van der Waals surface area contributed by atoms with Gasteiger partial charge in [0.25, 0.3) is 0 Å². The molecular weight excluding hydrogens is 244 g/mol. The molecule has 0 saturated heterocycles. The third-order valence-electron chi connectivity index (χ3n) is 3.36. The van der Waals surface area contributed by atoms with Crippen molar-refractivity contribution in [2.45, 2.75) is 25.0 Å². The highest BCUT2D eigenvalue weighted by atomic mass is 32.2. The van der Waals surface area contributed by atoms with Gasteiger partial charge in [-0.3, -0.25) is 0 Å². The minimum atomic E-state index is 0.784. The molecule has 0 amide bonds. The summed E-state index contributed by atoms with van der Waals surface area (Å²) in [6.07, 6.45) is 0.988. The molecule has 3 aliphatic rings. The number of thioether (sulfide) groups is 1. The van der Waals surface area contributed by atoms with Crippen molar-refractivity contribution in [1.82, 2.24) is 19.7 Å². The quantitative estimate of drug-likeness (QED) is 0.671. The predicted octanol–water partition coefficient (Wildman–Crippen LogP) is 2.60. The lowest BCUT2D eigenvalue weighted by molar-refractivity contribution is 0.578. The van der Waals surface area contributed by atoms with Crippen LogP contribution in [0.4, 0.5) is 0 Å². The van der Waals surface area contributed by atoms with Gasteiger partial charge in [0.1, 0.15) is 5.69 Å². The fourth-order valence-electron chi connectivity index (χ4n) is 2.44. The number of nitrogens with zero attached hydrogens (tertiary/aromatic N) is 4. The second-order valence-corrected chi connectivity index (χ2v) is 5.48. The molecule has 0 aromatic heterocycles. The number of aromatic nitrogens is 4. The summed E-state index contributed by atoms with van der Waals surface area (Å²) >= 11 is 1.75. The first kappa shape index (κ1) is 10.3. The van der Waals surface area contributed by atoms with E-state index in [-0.39, 0.29) is 0 Å². The van der Waals surface area contributed by atoms with Crippen LogP contribution in [0.2, 0.25) is 0 Å². The summed E-state index contributed by atoms with van der Waals surface area (Å²) in [5.41, 5.74) is 3.26. The van der Waals surface area contributed by atoms with Crippen LogP contribution >= 0.6 is 11.8 Å². The van der Waals surface area contributed by atoms with Crippen molar-refractivity contribution in [2.24, 2.45) is 0 Å². The van der Waals surface area contributed by atoms with E-state index in [0.717, 1.165) is 46.3 Å². The Hall–Kier alpha value is -1.62. The molecule has 5 heteroatoms. The summed E-state index contributed by atoms with van der Waals surface area (Å²) in [6.45, 7) is 3.10. The lowest BCUT2D eigenvalue weighted by atomic mass is 10.1. The van der Waals surface area contributed by atoms with Gasteiger partial charge in [0.15, 0.2) is 11.0 Å². The van der Waals surface area contributed by atoms with Gasteiger partial charge >= 0.3 is 0 Å². The molecule has 3 aliphatic heterocycles. The fraction of sp³-hybridized carbons (Fsp3) is 0.308. The summed E-state index contributed by atoms with van der Waals surface area (Å²) < 4.78 is 1.99. The summed E-state index contributed by atoms with van der Waals surface area (Å²) in [5.74, 6) is 1.84. The standard InChI is InChI=1S/C13H12N4S/c1-2-8-4-3-5-9-10(8)14-12-11(9)16-17-6-7-18-13(17)15-12/h3-5H,2,6-7H2,1H3. The van der Waals surface area contributed by atoms with Crippen molar-refractivity contribution in [2.75, 3.05) is 5.75 Å². The van der Waals surface area contributed by atoms with E-state index in [0.29, 0.717) is 0 Å². The van der Waals surface area contributed by atoms with Crippen LogP contribution < -0.4 is 0 Å². The molecule has 4 rings (SSSR count). The fourth-order valence-corrected chi connectivity index (χ4v) is 3.32.